The molecule has 0 aromatic heterocycles. The average Bonchev–Trinajstić information content (AvgIpc) is 3.12. The van der Waals surface area contributed by atoms with Crippen molar-refractivity contribution in [1.82, 2.24) is 0 Å². The fourth-order valence-electron chi connectivity index (χ4n) is 4.78. The van der Waals surface area contributed by atoms with Crippen molar-refractivity contribution in [3.63, 3.8) is 0 Å². The molecule has 3 aliphatic carbocycles. The molecule has 1 saturated carbocycles. The van der Waals surface area contributed by atoms with Crippen LogP contribution >= 0.6 is 0 Å². The summed E-state index contributed by atoms with van der Waals surface area (Å²) in [6.45, 7) is 7.58. The van der Waals surface area contributed by atoms with Crippen LogP contribution in [0.4, 0.5) is 0 Å². The Labute approximate surface area is 147 Å². The smallest absolute Gasteiger partial charge is 0.351 e. The van der Waals surface area contributed by atoms with Gasteiger partial charge in [0, 0.05) is 19.8 Å². The summed E-state index contributed by atoms with van der Waals surface area (Å²) in [6.07, 6.45) is 14.2. The Hall–Kier alpha value is -0.463. The monoisotopic (exact) mass is 352 g/mol. The van der Waals surface area contributed by atoms with Crippen LogP contribution in [0.1, 0.15) is 46.5 Å². The molecule has 0 saturated heterocycles. The molecule has 5 heteroatoms. The van der Waals surface area contributed by atoms with Gasteiger partial charge in [-0.15, -0.1) is 0 Å². The number of allylic oxidation sites excluding steroid dienone is 3. The van der Waals surface area contributed by atoms with Gasteiger partial charge in [-0.2, -0.15) is 0 Å². The zero-order valence-corrected chi connectivity index (χ0v) is 16.3. The first-order valence-electron chi connectivity index (χ1n) is 9.66. The third-order valence-corrected chi connectivity index (χ3v) is 8.10. The van der Waals surface area contributed by atoms with Gasteiger partial charge in [-0.3, -0.25) is 0 Å². The highest BCUT2D eigenvalue weighted by atomic mass is 28.4. The van der Waals surface area contributed by atoms with E-state index in [2.05, 4.69) is 24.3 Å². The third-order valence-electron chi connectivity index (χ3n) is 5.58. The van der Waals surface area contributed by atoms with Gasteiger partial charge >= 0.3 is 9.05 Å². The summed E-state index contributed by atoms with van der Waals surface area (Å²) in [5.41, 5.74) is 0. The standard InChI is InChI=1S/C19H32O4Si/c1-4-20-24(21-5-2,22-6-3)23-18-11-9-7-8-10-17-15-12-13-16(14-15)19(17)18/h7,9,12-13,15-19H,4-6,8,10-11,14H2,1-3H3/b9-7-. The lowest BCUT2D eigenvalue weighted by Gasteiger charge is -2.39. The zero-order chi connectivity index (χ0) is 17.0. The topological polar surface area (TPSA) is 36.9 Å². The first-order chi connectivity index (χ1) is 11.7. The van der Waals surface area contributed by atoms with E-state index in [1.807, 2.05) is 20.8 Å². The molecular formula is C19H32O4Si. The van der Waals surface area contributed by atoms with Crippen LogP contribution in [0.5, 0.6) is 0 Å². The highest BCUT2D eigenvalue weighted by molar-refractivity contribution is 6.53. The van der Waals surface area contributed by atoms with Crippen molar-refractivity contribution in [2.45, 2.75) is 52.6 Å². The SMILES string of the molecule is CCO[Si](OCC)(OCC)OC1C/C=C\CCC2C3C=CC(C3)C12. The summed E-state index contributed by atoms with van der Waals surface area (Å²) in [6, 6.07) is 0. The predicted molar refractivity (Wildman–Crippen MR) is 96.2 cm³/mol. The van der Waals surface area contributed by atoms with E-state index in [-0.39, 0.29) is 6.10 Å². The van der Waals surface area contributed by atoms with Crippen molar-refractivity contribution in [2.75, 3.05) is 19.8 Å². The van der Waals surface area contributed by atoms with Crippen molar-refractivity contribution in [2.24, 2.45) is 23.7 Å². The van der Waals surface area contributed by atoms with E-state index in [1.54, 1.807) is 0 Å². The molecule has 0 aliphatic heterocycles. The minimum atomic E-state index is -3.07. The van der Waals surface area contributed by atoms with Crippen LogP contribution in [0.2, 0.25) is 0 Å². The highest BCUT2D eigenvalue weighted by Crippen LogP contribution is 2.53. The van der Waals surface area contributed by atoms with Crippen molar-refractivity contribution in [3.8, 4) is 0 Å². The van der Waals surface area contributed by atoms with Crippen LogP contribution in [-0.4, -0.2) is 35.0 Å². The molecule has 3 rings (SSSR count). The van der Waals surface area contributed by atoms with E-state index in [9.17, 15) is 0 Å². The normalized spacial score (nSPS) is 36.4. The van der Waals surface area contributed by atoms with Gasteiger partial charge < -0.3 is 17.7 Å². The van der Waals surface area contributed by atoms with Crippen molar-refractivity contribution in [3.05, 3.63) is 24.3 Å². The molecule has 3 aliphatic rings. The Balaban J connectivity index is 1.82. The van der Waals surface area contributed by atoms with E-state index < -0.39 is 9.05 Å². The number of rotatable bonds is 8. The molecule has 2 bridgehead atoms. The second-order valence-corrected chi connectivity index (χ2v) is 9.03. The lowest BCUT2D eigenvalue weighted by molar-refractivity contribution is -0.0715. The minimum Gasteiger partial charge on any atom is -0.351 e. The summed E-state index contributed by atoms with van der Waals surface area (Å²) >= 11 is 0. The molecule has 5 atom stereocenters. The maximum atomic E-state index is 6.59. The van der Waals surface area contributed by atoms with Crippen LogP contribution in [0.3, 0.4) is 0 Å². The van der Waals surface area contributed by atoms with E-state index >= 15 is 0 Å². The minimum absolute atomic E-state index is 0.128. The molecule has 0 heterocycles. The molecule has 4 nitrogen and oxygen atoms in total. The number of fused-ring (bicyclic) bond motifs is 5. The van der Waals surface area contributed by atoms with Gasteiger partial charge in [0.25, 0.3) is 0 Å². The number of hydrogen-bond donors (Lipinski definition) is 0. The Morgan fingerprint density at radius 2 is 1.58 bits per heavy atom. The first kappa shape index (κ1) is 18.3. The first-order valence-corrected chi connectivity index (χ1v) is 11.3. The van der Waals surface area contributed by atoms with Gasteiger partial charge in [-0.1, -0.05) is 24.3 Å². The molecule has 24 heavy (non-hydrogen) atoms. The Morgan fingerprint density at radius 3 is 2.25 bits per heavy atom. The summed E-state index contributed by atoms with van der Waals surface area (Å²) < 4.78 is 24.4. The molecule has 5 unspecified atom stereocenters. The molecule has 136 valence electrons. The molecule has 0 amide bonds. The van der Waals surface area contributed by atoms with E-state index in [4.69, 9.17) is 17.7 Å². The number of hydrogen-bond acceptors (Lipinski definition) is 4. The van der Waals surface area contributed by atoms with Gasteiger partial charge in [0.2, 0.25) is 0 Å². The molecular weight excluding hydrogens is 320 g/mol. The van der Waals surface area contributed by atoms with E-state index in [0.29, 0.717) is 31.7 Å². The van der Waals surface area contributed by atoms with E-state index in [0.717, 1.165) is 18.3 Å². The Bertz CT molecular complexity index is 447. The Kier molecular flexibility index (Phi) is 6.32. The lowest BCUT2D eigenvalue weighted by Crippen LogP contribution is -2.53. The van der Waals surface area contributed by atoms with Gasteiger partial charge in [0.1, 0.15) is 0 Å². The predicted octanol–water partition coefficient (Wildman–Crippen LogP) is 4.10. The van der Waals surface area contributed by atoms with Gasteiger partial charge in [0.05, 0.1) is 6.10 Å². The molecule has 0 aromatic rings. The summed E-state index contributed by atoms with van der Waals surface area (Å²) in [5, 5.41) is 0. The zero-order valence-electron chi connectivity index (χ0n) is 15.3. The van der Waals surface area contributed by atoms with Crippen LogP contribution in [0.15, 0.2) is 24.3 Å². The quantitative estimate of drug-likeness (QED) is 0.487. The van der Waals surface area contributed by atoms with Crippen LogP contribution in [0.25, 0.3) is 0 Å². The molecule has 0 radical (unpaired) electrons. The maximum absolute atomic E-state index is 6.59. The van der Waals surface area contributed by atoms with E-state index in [1.165, 1.54) is 19.3 Å². The highest BCUT2D eigenvalue weighted by Gasteiger charge is 2.53. The fourth-order valence-corrected chi connectivity index (χ4v) is 6.92. The fraction of sp³-hybridized carbons (Fsp3) is 0.789. The van der Waals surface area contributed by atoms with Crippen LogP contribution < -0.4 is 0 Å². The second kappa shape index (κ2) is 8.28. The molecule has 0 N–H and O–H groups in total. The molecule has 0 spiro atoms. The molecule has 1 fully saturated rings. The Morgan fingerprint density at radius 1 is 0.917 bits per heavy atom. The summed E-state index contributed by atoms with van der Waals surface area (Å²) in [4.78, 5) is 0. The van der Waals surface area contributed by atoms with Crippen LogP contribution in [0, 0.1) is 23.7 Å². The van der Waals surface area contributed by atoms with Gasteiger partial charge in [-0.25, -0.2) is 0 Å². The average molecular weight is 353 g/mol. The summed E-state index contributed by atoms with van der Waals surface area (Å²) in [7, 11) is -3.07. The van der Waals surface area contributed by atoms with Crippen molar-refractivity contribution in [1.29, 1.82) is 0 Å². The maximum Gasteiger partial charge on any atom is 0.679 e. The third kappa shape index (κ3) is 3.70. The van der Waals surface area contributed by atoms with Gasteiger partial charge in [-0.05, 0) is 70.1 Å². The summed E-state index contributed by atoms with van der Waals surface area (Å²) in [5.74, 6) is 2.68. The largest absolute Gasteiger partial charge is 0.679 e. The van der Waals surface area contributed by atoms with Crippen LogP contribution in [-0.2, 0) is 17.7 Å². The van der Waals surface area contributed by atoms with Crippen molar-refractivity contribution >= 4 is 9.05 Å². The van der Waals surface area contributed by atoms with Crippen molar-refractivity contribution < 1.29 is 17.7 Å². The van der Waals surface area contributed by atoms with Gasteiger partial charge in [0.15, 0.2) is 0 Å². The second-order valence-electron chi connectivity index (χ2n) is 6.93. The lowest BCUT2D eigenvalue weighted by atomic mass is 9.75. The molecule has 0 aromatic carbocycles.